The third kappa shape index (κ3) is 7.68. The molecule has 2 aromatic carbocycles. The van der Waals surface area contributed by atoms with E-state index in [1.807, 2.05) is 24.0 Å². The number of aryl methyl sites for hydroxylation is 2. The van der Waals surface area contributed by atoms with E-state index in [-0.39, 0.29) is 23.3 Å². The highest BCUT2D eigenvalue weighted by atomic mass is 16.2. The molecule has 1 saturated carbocycles. The molecule has 0 saturated heterocycles. The van der Waals surface area contributed by atoms with Crippen LogP contribution in [0, 0.1) is 6.92 Å². The Hall–Kier alpha value is -2.62. The van der Waals surface area contributed by atoms with E-state index in [0.717, 1.165) is 29.5 Å². The minimum absolute atomic E-state index is 0.00383. The molecule has 0 spiro atoms. The Morgan fingerprint density at radius 2 is 1.66 bits per heavy atom. The molecule has 1 aliphatic rings. The molecular formula is C31H44N2O2. The van der Waals surface area contributed by atoms with Gasteiger partial charge in [-0.3, -0.25) is 9.59 Å². The molecular weight excluding hydrogens is 432 g/mol. The van der Waals surface area contributed by atoms with E-state index in [1.165, 1.54) is 24.8 Å². The van der Waals surface area contributed by atoms with Crippen LogP contribution in [0.3, 0.4) is 0 Å². The zero-order valence-corrected chi connectivity index (χ0v) is 22.4. The molecule has 1 aliphatic carbocycles. The van der Waals surface area contributed by atoms with Gasteiger partial charge in [-0.15, -0.1) is 0 Å². The number of nitrogens with one attached hydrogen (secondary N) is 1. The van der Waals surface area contributed by atoms with E-state index >= 15 is 0 Å². The van der Waals surface area contributed by atoms with Crippen molar-refractivity contribution in [2.75, 3.05) is 0 Å². The van der Waals surface area contributed by atoms with Gasteiger partial charge in [0.25, 0.3) is 0 Å². The summed E-state index contributed by atoms with van der Waals surface area (Å²) in [7, 11) is 0. The molecule has 1 N–H and O–H groups in total. The third-order valence-electron chi connectivity index (χ3n) is 7.39. The molecule has 2 amide bonds. The van der Waals surface area contributed by atoms with Gasteiger partial charge >= 0.3 is 0 Å². The van der Waals surface area contributed by atoms with Crippen LogP contribution in [0.1, 0.15) is 94.9 Å². The summed E-state index contributed by atoms with van der Waals surface area (Å²) in [6.07, 6.45) is 7.34. The smallest absolute Gasteiger partial charge is 0.243 e. The Morgan fingerprint density at radius 1 is 1.00 bits per heavy atom. The number of nitrogens with zero attached hydrogens (tertiary/aromatic N) is 1. The van der Waals surface area contributed by atoms with E-state index in [4.69, 9.17) is 0 Å². The topological polar surface area (TPSA) is 49.4 Å². The number of carbonyl (C=O) groups is 2. The standard InChI is InChI=1S/C31H44N2O2/c1-6-28(30(35)32-27-14-8-7-9-15-27)33(22-25-13-11-10-12-23(25)2)29(34)21-18-24-16-19-26(20-17-24)31(3,4)5/h10-13,16-17,19-20,27-28H,6-9,14-15,18,21-22H2,1-5H3,(H,32,35)/t28-/m0/s1. The van der Waals surface area contributed by atoms with Crippen LogP contribution < -0.4 is 5.32 Å². The number of hydrogen-bond acceptors (Lipinski definition) is 2. The van der Waals surface area contributed by atoms with Crippen LogP contribution in [-0.2, 0) is 28.0 Å². The van der Waals surface area contributed by atoms with Gasteiger partial charge in [-0.25, -0.2) is 0 Å². The Kier molecular flexibility index (Phi) is 9.54. The maximum absolute atomic E-state index is 13.6. The number of carbonyl (C=O) groups excluding carboxylic acids is 2. The van der Waals surface area contributed by atoms with Gasteiger partial charge in [0.15, 0.2) is 0 Å². The molecule has 0 bridgehead atoms. The van der Waals surface area contributed by atoms with Gasteiger partial charge in [0.05, 0.1) is 0 Å². The molecule has 0 aliphatic heterocycles. The fourth-order valence-corrected chi connectivity index (χ4v) is 5.00. The zero-order chi connectivity index (χ0) is 25.4. The predicted molar refractivity (Wildman–Crippen MR) is 144 cm³/mol. The molecule has 0 heterocycles. The molecule has 0 unspecified atom stereocenters. The largest absolute Gasteiger partial charge is 0.352 e. The van der Waals surface area contributed by atoms with Crippen molar-refractivity contribution in [3.63, 3.8) is 0 Å². The van der Waals surface area contributed by atoms with Crippen LogP contribution in [0.2, 0.25) is 0 Å². The SMILES string of the molecule is CC[C@@H](C(=O)NC1CCCCC1)N(Cc1ccccc1C)C(=O)CCc1ccc(C(C)(C)C)cc1. The summed E-state index contributed by atoms with van der Waals surface area (Å²) >= 11 is 0. The van der Waals surface area contributed by atoms with Gasteiger partial charge in [-0.2, -0.15) is 0 Å². The normalized spacial score (nSPS) is 15.5. The van der Waals surface area contributed by atoms with Crippen LogP contribution in [0.4, 0.5) is 0 Å². The molecule has 3 rings (SSSR count). The summed E-state index contributed by atoms with van der Waals surface area (Å²) in [6, 6.07) is 16.5. The van der Waals surface area contributed by atoms with Gasteiger partial charge < -0.3 is 10.2 Å². The van der Waals surface area contributed by atoms with Crippen molar-refractivity contribution in [3.8, 4) is 0 Å². The number of hydrogen-bond donors (Lipinski definition) is 1. The lowest BCUT2D eigenvalue weighted by atomic mass is 9.86. The second-order valence-electron chi connectivity index (χ2n) is 11.2. The minimum atomic E-state index is -0.452. The van der Waals surface area contributed by atoms with Gasteiger partial charge in [0, 0.05) is 19.0 Å². The van der Waals surface area contributed by atoms with E-state index < -0.39 is 6.04 Å². The van der Waals surface area contributed by atoms with Crippen molar-refractivity contribution in [2.24, 2.45) is 0 Å². The molecule has 4 heteroatoms. The number of benzene rings is 2. The third-order valence-corrected chi connectivity index (χ3v) is 7.39. The molecule has 2 aromatic rings. The molecule has 1 fully saturated rings. The molecule has 4 nitrogen and oxygen atoms in total. The maximum atomic E-state index is 13.6. The van der Waals surface area contributed by atoms with Gasteiger partial charge in [-0.05, 0) is 60.3 Å². The van der Waals surface area contributed by atoms with E-state index in [2.05, 4.69) is 69.4 Å². The highest BCUT2D eigenvalue weighted by Crippen LogP contribution is 2.23. The van der Waals surface area contributed by atoms with Crippen molar-refractivity contribution in [3.05, 3.63) is 70.8 Å². The van der Waals surface area contributed by atoms with Gasteiger partial charge in [-0.1, -0.05) is 95.5 Å². The Labute approximate surface area is 212 Å². The highest BCUT2D eigenvalue weighted by molar-refractivity contribution is 5.88. The Balaban J connectivity index is 1.75. The summed E-state index contributed by atoms with van der Waals surface area (Å²) in [5.41, 5.74) is 4.80. The van der Waals surface area contributed by atoms with Gasteiger partial charge in [0.2, 0.25) is 11.8 Å². The quantitative estimate of drug-likeness (QED) is 0.450. The maximum Gasteiger partial charge on any atom is 0.243 e. The molecule has 0 aromatic heterocycles. The Morgan fingerprint density at radius 3 is 2.26 bits per heavy atom. The Bertz CT molecular complexity index is 968. The van der Waals surface area contributed by atoms with Crippen LogP contribution in [0.25, 0.3) is 0 Å². The molecule has 35 heavy (non-hydrogen) atoms. The summed E-state index contributed by atoms with van der Waals surface area (Å²) in [6.45, 7) is 11.2. The monoisotopic (exact) mass is 476 g/mol. The molecule has 0 radical (unpaired) electrons. The lowest BCUT2D eigenvalue weighted by Gasteiger charge is -2.33. The van der Waals surface area contributed by atoms with Crippen LogP contribution >= 0.6 is 0 Å². The van der Waals surface area contributed by atoms with E-state index in [9.17, 15) is 9.59 Å². The fourth-order valence-electron chi connectivity index (χ4n) is 5.00. The van der Waals surface area contributed by atoms with Crippen LogP contribution in [0.5, 0.6) is 0 Å². The molecule has 1 atom stereocenters. The summed E-state index contributed by atoms with van der Waals surface area (Å²) in [4.78, 5) is 28.8. The first-order chi connectivity index (χ1) is 16.7. The van der Waals surface area contributed by atoms with Crippen molar-refractivity contribution >= 4 is 11.8 Å². The number of rotatable bonds is 9. The first-order valence-electron chi connectivity index (χ1n) is 13.4. The lowest BCUT2D eigenvalue weighted by molar-refractivity contribution is -0.141. The first-order valence-corrected chi connectivity index (χ1v) is 13.4. The summed E-state index contributed by atoms with van der Waals surface area (Å²) in [5, 5.41) is 3.27. The van der Waals surface area contributed by atoms with Crippen molar-refractivity contribution < 1.29 is 9.59 Å². The summed E-state index contributed by atoms with van der Waals surface area (Å²) < 4.78 is 0. The van der Waals surface area contributed by atoms with E-state index in [1.54, 1.807) is 0 Å². The van der Waals surface area contributed by atoms with Crippen LogP contribution in [0.15, 0.2) is 48.5 Å². The van der Waals surface area contributed by atoms with E-state index in [0.29, 0.717) is 25.8 Å². The second-order valence-corrected chi connectivity index (χ2v) is 11.2. The summed E-state index contributed by atoms with van der Waals surface area (Å²) in [5.74, 6) is 0.0367. The molecule has 190 valence electrons. The average Bonchev–Trinajstić information content (AvgIpc) is 2.84. The highest BCUT2D eigenvalue weighted by Gasteiger charge is 2.30. The van der Waals surface area contributed by atoms with Gasteiger partial charge in [0.1, 0.15) is 6.04 Å². The van der Waals surface area contributed by atoms with Crippen LogP contribution in [-0.4, -0.2) is 28.8 Å². The minimum Gasteiger partial charge on any atom is -0.352 e. The number of amides is 2. The zero-order valence-electron chi connectivity index (χ0n) is 22.4. The fraction of sp³-hybridized carbons (Fsp3) is 0.548. The predicted octanol–water partition coefficient (Wildman–Crippen LogP) is 6.48. The first kappa shape index (κ1) is 27.0. The lowest BCUT2D eigenvalue weighted by Crippen LogP contribution is -2.51. The van der Waals surface area contributed by atoms with Crippen molar-refractivity contribution in [2.45, 2.75) is 110 Å². The van der Waals surface area contributed by atoms with Crippen molar-refractivity contribution in [1.82, 2.24) is 10.2 Å². The van der Waals surface area contributed by atoms with Crippen molar-refractivity contribution in [1.29, 1.82) is 0 Å². The second kappa shape index (κ2) is 12.4. The average molecular weight is 477 g/mol.